The van der Waals surface area contributed by atoms with Gasteiger partial charge in [0.05, 0.1) is 10.9 Å². The van der Waals surface area contributed by atoms with E-state index in [2.05, 4.69) is 20.4 Å². The monoisotopic (exact) mass is 485 g/mol. The first-order chi connectivity index (χ1) is 15.6. The van der Waals surface area contributed by atoms with Crippen molar-refractivity contribution in [2.45, 2.75) is 29.4 Å². The second-order valence-electron chi connectivity index (χ2n) is 9.06. The number of urea groups is 1. The van der Waals surface area contributed by atoms with Crippen LogP contribution in [0.1, 0.15) is 18.0 Å². The molecule has 3 aliphatic rings. The van der Waals surface area contributed by atoms with E-state index in [0.717, 1.165) is 37.2 Å². The minimum absolute atomic E-state index is 0.0242. The molecule has 0 radical (unpaired) electrons. The summed E-state index contributed by atoms with van der Waals surface area (Å²) >= 11 is 0. The molecule has 4 heterocycles. The standard InChI is InChI=1S/C19H22F3N7O3S/c20-19(21,22)33(31,32)16-3-1-14(2-4-16)7-26-9-18(10-26)11-28(12-18)17(30)27-6-5-15(8-27)29-13-23-24-25-29/h1-4,13,15H,5-12H2/t15-/m0/s1. The lowest BCUT2D eigenvalue weighted by Crippen LogP contribution is -2.73. The number of alkyl halides is 3. The average Bonchev–Trinajstić information content (AvgIpc) is 3.39. The second-order valence-corrected chi connectivity index (χ2v) is 11.0. The van der Waals surface area contributed by atoms with Crippen molar-refractivity contribution in [2.75, 3.05) is 39.3 Å². The number of halogens is 3. The number of carbonyl (C=O) groups is 1. The highest BCUT2D eigenvalue weighted by Gasteiger charge is 2.54. The summed E-state index contributed by atoms with van der Waals surface area (Å²) in [6.45, 7) is 4.69. The van der Waals surface area contributed by atoms with Crippen LogP contribution in [0.25, 0.3) is 0 Å². The SMILES string of the molecule is O=C(N1CC[C@H](n2cnnn2)C1)N1CC2(CN(Cc3ccc(S(=O)(=O)C(F)(F)F)cc3)C2)C1. The summed E-state index contributed by atoms with van der Waals surface area (Å²) < 4.78 is 62.6. The predicted molar refractivity (Wildman–Crippen MR) is 107 cm³/mol. The molecule has 178 valence electrons. The third kappa shape index (κ3) is 3.94. The Bertz CT molecular complexity index is 1120. The summed E-state index contributed by atoms with van der Waals surface area (Å²) in [5.41, 5.74) is -4.51. The largest absolute Gasteiger partial charge is 0.501 e. The Morgan fingerprint density at radius 3 is 2.39 bits per heavy atom. The fourth-order valence-corrected chi connectivity index (χ4v) is 5.71. The van der Waals surface area contributed by atoms with E-state index in [1.165, 1.54) is 12.1 Å². The number of benzene rings is 1. The molecule has 3 aliphatic heterocycles. The number of carbonyl (C=O) groups excluding carboxylic acids is 1. The number of rotatable bonds is 4. The lowest BCUT2D eigenvalue weighted by Gasteiger charge is -2.60. The van der Waals surface area contributed by atoms with Crippen LogP contribution in [-0.4, -0.2) is 94.1 Å². The molecule has 0 aliphatic carbocycles. The van der Waals surface area contributed by atoms with Crippen LogP contribution in [-0.2, 0) is 16.4 Å². The van der Waals surface area contributed by atoms with Gasteiger partial charge in [0.1, 0.15) is 6.33 Å². The van der Waals surface area contributed by atoms with Crippen molar-refractivity contribution in [1.29, 1.82) is 0 Å². The van der Waals surface area contributed by atoms with E-state index in [1.54, 1.807) is 11.0 Å². The van der Waals surface area contributed by atoms with Crippen LogP contribution >= 0.6 is 0 Å². The van der Waals surface area contributed by atoms with E-state index in [1.807, 2.05) is 9.80 Å². The number of hydrogen-bond acceptors (Lipinski definition) is 7. The number of sulfone groups is 1. The number of nitrogens with zero attached hydrogens (tertiary/aromatic N) is 7. The Kier molecular flexibility index (Phi) is 5.12. The van der Waals surface area contributed by atoms with Gasteiger partial charge in [0.15, 0.2) is 0 Å². The van der Waals surface area contributed by atoms with Crippen molar-refractivity contribution in [1.82, 2.24) is 34.9 Å². The summed E-state index contributed by atoms with van der Waals surface area (Å²) in [4.78, 5) is 17.8. The quantitative estimate of drug-likeness (QED) is 0.640. The maximum atomic E-state index is 12.8. The average molecular weight is 485 g/mol. The number of tetrazole rings is 1. The Labute approximate surface area is 187 Å². The molecule has 1 spiro atoms. The minimum atomic E-state index is -5.33. The van der Waals surface area contributed by atoms with Crippen LogP contribution in [0.4, 0.5) is 18.0 Å². The van der Waals surface area contributed by atoms with Crippen molar-refractivity contribution < 1.29 is 26.4 Å². The van der Waals surface area contributed by atoms with Gasteiger partial charge in [-0.2, -0.15) is 13.2 Å². The molecule has 1 aromatic heterocycles. The van der Waals surface area contributed by atoms with Crippen molar-refractivity contribution in [3.05, 3.63) is 36.2 Å². The molecule has 0 bridgehead atoms. The van der Waals surface area contributed by atoms with Crippen molar-refractivity contribution in [2.24, 2.45) is 5.41 Å². The van der Waals surface area contributed by atoms with Crippen LogP contribution in [0.5, 0.6) is 0 Å². The molecule has 0 unspecified atom stereocenters. The number of likely N-dealkylation sites (tertiary alicyclic amines) is 3. The van der Waals surface area contributed by atoms with Crippen LogP contribution in [0.2, 0.25) is 0 Å². The molecule has 3 saturated heterocycles. The molecular weight excluding hydrogens is 463 g/mol. The van der Waals surface area contributed by atoms with E-state index in [4.69, 9.17) is 0 Å². The lowest BCUT2D eigenvalue weighted by atomic mass is 9.73. The molecule has 0 N–H and O–H groups in total. The zero-order valence-corrected chi connectivity index (χ0v) is 18.3. The molecule has 14 heteroatoms. The van der Waals surface area contributed by atoms with Crippen molar-refractivity contribution in [3.8, 4) is 0 Å². The Morgan fingerprint density at radius 1 is 1.09 bits per heavy atom. The summed E-state index contributed by atoms with van der Waals surface area (Å²) in [6.07, 6.45) is 2.37. The van der Waals surface area contributed by atoms with Crippen LogP contribution in [0, 0.1) is 5.41 Å². The summed E-state index contributed by atoms with van der Waals surface area (Å²) in [5, 5.41) is 11.2. The first kappa shape index (κ1) is 22.1. The van der Waals surface area contributed by atoms with Gasteiger partial charge >= 0.3 is 11.5 Å². The van der Waals surface area contributed by atoms with Gasteiger partial charge in [0.25, 0.3) is 9.84 Å². The first-order valence-corrected chi connectivity index (χ1v) is 11.9. The van der Waals surface area contributed by atoms with Gasteiger partial charge in [-0.1, -0.05) is 12.1 Å². The van der Waals surface area contributed by atoms with Gasteiger partial charge in [0, 0.05) is 51.2 Å². The van der Waals surface area contributed by atoms with E-state index >= 15 is 0 Å². The van der Waals surface area contributed by atoms with Gasteiger partial charge in [0.2, 0.25) is 0 Å². The van der Waals surface area contributed by atoms with E-state index in [-0.39, 0.29) is 17.5 Å². The van der Waals surface area contributed by atoms with Gasteiger partial charge in [-0.15, -0.1) is 5.10 Å². The van der Waals surface area contributed by atoms with E-state index in [0.29, 0.717) is 32.7 Å². The third-order valence-electron chi connectivity index (χ3n) is 6.56. The zero-order chi connectivity index (χ0) is 23.4. The molecule has 5 rings (SSSR count). The van der Waals surface area contributed by atoms with E-state index in [9.17, 15) is 26.4 Å². The highest BCUT2D eigenvalue weighted by Crippen LogP contribution is 2.41. The maximum Gasteiger partial charge on any atom is 0.501 e. The van der Waals surface area contributed by atoms with Gasteiger partial charge < -0.3 is 9.80 Å². The second kappa shape index (κ2) is 7.65. The summed E-state index contributed by atoms with van der Waals surface area (Å²) in [5.74, 6) is 0. The molecular formula is C19H22F3N7O3S. The molecule has 2 amide bonds. The molecule has 1 atom stereocenters. The predicted octanol–water partition coefficient (Wildman–Crippen LogP) is 1.15. The van der Waals surface area contributed by atoms with Crippen LogP contribution in [0.15, 0.2) is 35.5 Å². The van der Waals surface area contributed by atoms with E-state index < -0.39 is 20.2 Å². The van der Waals surface area contributed by atoms with Crippen LogP contribution < -0.4 is 0 Å². The van der Waals surface area contributed by atoms with Crippen molar-refractivity contribution >= 4 is 15.9 Å². The van der Waals surface area contributed by atoms with Gasteiger partial charge in [-0.25, -0.2) is 17.9 Å². The van der Waals surface area contributed by atoms with Gasteiger partial charge in [-0.05, 0) is 34.5 Å². The van der Waals surface area contributed by atoms with Crippen molar-refractivity contribution in [3.63, 3.8) is 0 Å². The highest BCUT2D eigenvalue weighted by molar-refractivity contribution is 7.92. The molecule has 33 heavy (non-hydrogen) atoms. The summed E-state index contributed by atoms with van der Waals surface area (Å²) in [7, 11) is -5.33. The smallest absolute Gasteiger partial charge is 0.323 e. The molecule has 3 fully saturated rings. The summed E-state index contributed by atoms with van der Waals surface area (Å²) in [6, 6.07) is 4.93. The zero-order valence-electron chi connectivity index (χ0n) is 17.5. The molecule has 0 saturated carbocycles. The number of hydrogen-bond donors (Lipinski definition) is 0. The molecule has 2 aromatic rings. The lowest BCUT2D eigenvalue weighted by molar-refractivity contribution is -0.102. The molecule has 10 nitrogen and oxygen atoms in total. The number of amides is 2. The first-order valence-electron chi connectivity index (χ1n) is 10.5. The minimum Gasteiger partial charge on any atom is -0.323 e. The van der Waals surface area contributed by atoms with Gasteiger partial charge in [-0.3, -0.25) is 4.90 Å². The Morgan fingerprint density at radius 2 is 1.79 bits per heavy atom. The number of aromatic nitrogens is 4. The molecule has 1 aromatic carbocycles. The fraction of sp³-hybridized carbons (Fsp3) is 0.579. The topological polar surface area (TPSA) is 105 Å². The van der Waals surface area contributed by atoms with Crippen LogP contribution in [0.3, 0.4) is 0 Å². The third-order valence-corrected chi connectivity index (χ3v) is 8.06. The Balaban J connectivity index is 1.09. The maximum absolute atomic E-state index is 12.8. The normalized spacial score (nSPS) is 22.9. The highest BCUT2D eigenvalue weighted by atomic mass is 32.2. The Hall–Kier alpha value is -2.74. The fourth-order valence-electron chi connectivity index (χ4n) is 4.95.